The Morgan fingerprint density at radius 2 is 2.21 bits per heavy atom. The summed E-state index contributed by atoms with van der Waals surface area (Å²) in [5, 5.41) is 3.31. The molecule has 0 amide bonds. The van der Waals surface area contributed by atoms with Gasteiger partial charge in [0.1, 0.15) is 5.82 Å². The number of anilines is 1. The molecule has 3 N–H and O–H groups in total. The lowest BCUT2D eigenvalue weighted by atomic mass is 9.97. The Balaban J connectivity index is 2.67. The number of nitrogens with one attached hydrogen (secondary N) is 1. The van der Waals surface area contributed by atoms with E-state index in [9.17, 15) is 0 Å². The van der Waals surface area contributed by atoms with Crippen LogP contribution in [0, 0.1) is 5.92 Å². The van der Waals surface area contributed by atoms with Gasteiger partial charge in [0.05, 0.1) is 0 Å². The van der Waals surface area contributed by atoms with Crippen LogP contribution < -0.4 is 11.1 Å². The molecule has 78 valence electrons. The second kappa shape index (κ2) is 4.96. The van der Waals surface area contributed by atoms with E-state index in [2.05, 4.69) is 24.1 Å². The number of aromatic nitrogens is 1. The fraction of sp³-hybridized carbons (Fsp3) is 0.545. The first-order valence-electron chi connectivity index (χ1n) is 5.01. The van der Waals surface area contributed by atoms with Crippen LogP contribution in [0.25, 0.3) is 0 Å². The van der Waals surface area contributed by atoms with E-state index in [0.29, 0.717) is 17.8 Å². The first-order valence-corrected chi connectivity index (χ1v) is 5.01. The predicted octanol–water partition coefficient (Wildman–Crippen LogP) is 1.45. The monoisotopic (exact) mass is 193 g/mol. The topological polar surface area (TPSA) is 50.9 Å². The van der Waals surface area contributed by atoms with Crippen molar-refractivity contribution in [3.8, 4) is 0 Å². The van der Waals surface area contributed by atoms with Gasteiger partial charge in [-0.2, -0.15) is 0 Å². The summed E-state index contributed by atoms with van der Waals surface area (Å²) < 4.78 is 0. The molecule has 0 aromatic carbocycles. The number of nitrogens with two attached hydrogens (primary N) is 1. The molecule has 1 heterocycles. The second-order valence-corrected chi connectivity index (χ2v) is 3.93. The Kier molecular flexibility index (Phi) is 3.89. The first-order chi connectivity index (χ1) is 6.63. The molecule has 3 heteroatoms. The molecule has 0 aliphatic heterocycles. The maximum atomic E-state index is 5.62. The van der Waals surface area contributed by atoms with Gasteiger partial charge in [-0.25, -0.2) is 4.98 Å². The molecule has 3 nitrogen and oxygen atoms in total. The lowest BCUT2D eigenvalue weighted by Crippen LogP contribution is -2.32. The van der Waals surface area contributed by atoms with Gasteiger partial charge in [0.25, 0.3) is 0 Å². The molecular weight excluding hydrogens is 174 g/mol. The van der Waals surface area contributed by atoms with Gasteiger partial charge in [-0.3, -0.25) is 0 Å². The normalized spacial score (nSPS) is 13.1. The highest BCUT2D eigenvalue weighted by atomic mass is 14.9. The highest BCUT2D eigenvalue weighted by Gasteiger charge is 2.11. The van der Waals surface area contributed by atoms with E-state index in [0.717, 1.165) is 6.42 Å². The number of likely N-dealkylation sites (N-methyl/N-ethyl adjacent to an activating group) is 1. The van der Waals surface area contributed by atoms with E-state index in [1.165, 1.54) is 5.56 Å². The zero-order chi connectivity index (χ0) is 10.6. The standard InChI is InChI=1S/C11H19N3/c1-8(2)10(13-3)6-9-4-5-14-11(12)7-9/h4-5,7-8,10,13H,6H2,1-3H3,(H2,12,14). The van der Waals surface area contributed by atoms with E-state index in [4.69, 9.17) is 5.73 Å². The van der Waals surface area contributed by atoms with Crippen molar-refractivity contribution < 1.29 is 0 Å². The summed E-state index contributed by atoms with van der Waals surface area (Å²) in [4.78, 5) is 3.98. The summed E-state index contributed by atoms with van der Waals surface area (Å²) in [7, 11) is 2.00. The predicted molar refractivity (Wildman–Crippen MR) is 60.0 cm³/mol. The SMILES string of the molecule is CNC(Cc1ccnc(N)c1)C(C)C. The van der Waals surface area contributed by atoms with E-state index in [1.807, 2.05) is 19.2 Å². The smallest absolute Gasteiger partial charge is 0.123 e. The Hall–Kier alpha value is -1.09. The van der Waals surface area contributed by atoms with E-state index in [-0.39, 0.29) is 0 Å². The van der Waals surface area contributed by atoms with Crippen LogP contribution in [0.5, 0.6) is 0 Å². The van der Waals surface area contributed by atoms with E-state index in [1.54, 1.807) is 6.20 Å². The van der Waals surface area contributed by atoms with Crippen LogP contribution >= 0.6 is 0 Å². The first kappa shape index (κ1) is 11.0. The van der Waals surface area contributed by atoms with Crippen LogP contribution in [0.1, 0.15) is 19.4 Å². The molecule has 1 aromatic heterocycles. The van der Waals surface area contributed by atoms with Crippen molar-refractivity contribution >= 4 is 5.82 Å². The van der Waals surface area contributed by atoms with Crippen LogP contribution in [0.4, 0.5) is 5.82 Å². The number of nitrogen functional groups attached to an aromatic ring is 1. The summed E-state index contributed by atoms with van der Waals surface area (Å²) in [5.74, 6) is 1.22. The van der Waals surface area contributed by atoms with Gasteiger partial charge in [0.15, 0.2) is 0 Å². The van der Waals surface area contributed by atoms with Gasteiger partial charge in [-0.05, 0) is 37.1 Å². The van der Waals surface area contributed by atoms with Crippen molar-refractivity contribution in [2.45, 2.75) is 26.3 Å². The fourth-order valence-corrected chi connectivity index (χ4v) is 1.55. The fourth-order valence-electron chi connectivity index (χ4n) is 1.55. The molecule has 0 saturated heterocycles. The number of hydrogen-bond acceptors (Lipinski definition) is 3. The highest BCUT2D eigenvalue weighted by Crippen LogP contribution is 2.11. The number of rotatable bonds is 4. The summed E-state index contributed by atoms with van der Waals surface area (Å²) in [5.41, 5.74) is 6.86. The Labute approximate surface area is 85.7 Å². The van der Waals surface area contributed by atoms with Crippen molar-refractivity contribution in [1.82, 2.24) is 10.3 Å². The largest absolute Gasteiger partial charge is 0.384 e. The zero-order valence-electron chi connectivity index (χ0n) is 9.12. The van der Waals surface area contributed by atoms with Crippen LogP contribution in [0.2, 0.25) is 0 Å². The van der Waals surface area contributed by atoms with E-state index >= 15 is 0 Å². The van der Waals surface area contributed by atoms with Gasteiger partial charge in [-0.1, -0.05) is 13.8 Å². The number of pyridine rings is 1. The van der Waals surface area contributed by atoms with Crippen LogP contribution in [0.15, 0.2) is 18.3 Å². The minimum absolute atomic E-state index is 0.497. The molecule has 0 bridgehead atoms. The van der Waals surface area contributed by atoms with Crippen molar-refractivity contribution in [1.29, 1.82) is 0 Å². The highest BCUT2D eigenvalue weighted by molar-refractivity contribution is 5.32. The summed E-state index contributed by atoms with van der Waals surface area (Å²) >= 11 is 0. The minimum atomic E-state index is 0.497. The van der Waals surface area contributed by atoms with Crippen LogP contribution in [0.3, 0.4) is 0 Å². The lowest BCUT2D eigenvalue weighted by Gasteiger charge is -2.20. The molecule has 0 radical (unpaired) electrons. The van der Waals surface area contributed by atoms with Crippen molar-refractivity contribution in [2.24, 2.45) is 5.92 Å². The molecule has 0 aliphatic carbocycles. The second-order valence-electron chi connectivity index (χ2n) is 3.93. The molecule has 1 aromatic rings. The number of nitrogens with zero attached hydrogens (tertiary/aromatic N) is 1. The summed E-state index contributed by atoms with van der Waals surface area (Å²) in [6.45, 7) is 4.43. The lowest BCUT2D eigenvalue weighted by molar-refractivity contribution is 0.424. The molecule has 1 atom stereocenters. The quantitative estimate of drug-likeness (QED) is 0.761. The molecule has 1 unspecified atom stereocenters. The zero-order valence-corrected chi connectivity index (χ0v) is 9.12. The number of hydrogen-bond donors (Lipinski definition) is 2. The van der Waals surface area contributed by atoms with Crippen molar-refractivity contribution in [2.75, 3.05) is 12.8 Å². The van der Waals surface area contributed by atoms with Gasteiger partial charge in [0.2, 0.25) is 0 Å². The van der Waals surface area contributed by atoms with Gasteiger partial charge >= 0.3 is 0 Å². The molecular formula is C11H19N3. The third kappa shape index (κ3) is 3.00. The maximum absolute atomic E-state index is 5.62. The third-order valence-electron chi connectivity index (χ3n) is 2.48. The average molecular weight is 193 g/mol. The third-order valence-corrected chi connectivity index (χ3v) is 2.48. The summed E-state index contributed by atoms with van der Waals surface area (Å²) in [6, 6.07) is 4.45. The molecule has 0 fully saturated rings. The van der Waals surface area contributed by atoms with Crippen molar-refractivity contribution in [3.05, 3.63) is 23.9 Å². The maximum Gasteiger partial charge on any atom is 0.123 e. The summed E-state index contributed by atoms with van der Waals surface area (Å²) in [6.07, 6.45) is 2.76. The van der Waals surface area contributed by atoms with Gasteiger partial charge in [-0.15, -0.1) is 0 Å². The molecule has 1 rings (SSSR count). The molecule has 0 spiro atoms. The minimum Gasteiger partial charge on any atom is -0.384 e. The van der Waals surface area contributed by atoms with Gasteiger partial charge in [0, 0.05) is 12.2 Å². The molecule has 0 aliphatic rings. The molecule has 14 heavy (non-hydrogen) atoms. The van der Waals surface area contributed by atoms with E-state index < -0.39 is 0 Å². The van der Waals surface area contributed by atoms with Gasteiger partial charge < -0.3 is 11.1 Å². The Morgan fingerprint density at radius 3 is 2.71 bits per heavy atom. The van der Waals surface area contributed by atoms with Crippen molar-refractivity contribution in [3.63, 3.8) is 0 Å². The Bertz CT molecular complexity index is 284. The molecule has 0 saturated carbocycles. The van der Waals surface area contributed by atoms with Crippen LogP contribution in [-0.2, 0) is 6.42 Å². The average Bonchev–Trinajstić information content (AvgIpc) is 2.14. The van der Waals surface area contributed by atoms with Crippen LogP contribution in [-0.4, -0.2) is 18.1 Å². The Morgan fingerprint density at radius 1 is 1.50 bits per heavy atom.